The molecule has 8 bridgehead atoms. The molecule has 0 saturated heterocycles. The molecule has 5 heteroatoms. The third-order valence-corrected chi connectivity index (χ3v) is 19.9. The van der Waals surface area contributed by atoms with Crippen LogP contribution < -0.4 is 9.97 Å². The number of nitrogens with zero attached hydrogens (tertiary/aromatic N) is 4. The van der Waals surface area contributed by atoms with E-state index in [2.05, 4.69) is 241 Å². The van der Waals surface area contributed by atoms with Crippen LogP contribution in [0.3, 0.4) is 0 Å². The van der Waals surface area contributed by atoms with Crippen LogP contribution in [0.2, 0.25) is 0 Å². The Morgan fingerprint density at radius 1 is 0.186 bits per heavy atom. The molecule has 0 aliphatic carbocycles. The minimum atomic E-state index is 0. The zero-order valence-electron chi connectivity index (χ0n) is 51.5. The molecule has 0 unspecified atom stereocenters. The SMILES string of the molecule is C(#Cc1c2nc(c(C#Cc3ccccc3)c3[n-]c(c(C#Cc4ccccc4)c4nc(c(C#Cc5ccccc5)c5[n-]c1c1c6cccc7cccc(c76)c51)c1c5cccc6cccc(c65)c41)c1c4cccc5cccc(c54)c31)c1c3cccc4cccc(c43)c21)c1ccccc1.[Ni+2]. The van der Waals surface area contributed by atoms with Crippen LogP contribution in [0.25, 0.3) is 173 Å². The molecule has 0 atom stereocenters. The van der Waals surface area contributed by atoms with E-state index in [9.17, 15) is 0 Å². The monoisotopic (exact) mass is 1260 g/mol. The van der Waals surface area contributed by atoms with Crippen LogP contribution in [-0.4, -0.2) is 9.97 Å². The fourth-order valence-electron chi connectivity index (χ4n) is 16.0. The molecule has 4 aromatic heterocycles. The number of benzene rings is 12. The van der Waals surface area contributed by atoms with E-state index in [0.717, 1.165) is 152 Å². The number of aromatic nitrogens is 4. The standard InChI is InChI=1S/C92H44N4.Ni/c1-5-21-53(22-6-1)45-49-69-85-77-61-37-13-29-57-31-15-39-63(73(57)61)79(77)87(93-85)70(50-46-54-23-7-2-8-24-54)89-81-65-41-17-33-59-35-19-43-67(75(59)65)83(81)91(95-89)72(52-48-56-27-11-4-12-28-56)92-84-68-44-20-36-60-34-18-42-66(76(60)68)82(84)90(96-92)71(51-47-55-25-9-3-10-26-55)88-80-64-40-16-32-58-30-14-38-62(74(58)64)78(80)86(69)94-88;/h1-44H;/q-2;+2. The van der Waals surface area contributed by atoms with Crippen molar-refractivity contribution in [3.63, 3.8) is 0 Å². The molecule has 4 heterocycles. The van der Waals surface area contributed by atoms with E-state index in [4.69, 9.17) is 19.9 Å². The van der Waals surface area contributed by atoms with Crippen molar-refractivity contribution >= 4 is 173 Å². The van der Waals surface area contributed by atoms with Gasteiger partial charge in [-0.25, -0.2) is 9.97 Å². The fourth-order valence-corrected chi connectivity index (χ4v) is 16.0. The van der Waals surface area contributed by atoms with Gasteiger partial charge in [0.1, 0.15) is 0 Å². The minimum Gasteiger partial charge on any atom is -0.655 e. The third kappa shape index (κ3) is 7.88. The molecule has 0 fully saturated rings. The number of hydrogen-bond donors (Lipinski definition) is 0. The van der Waals surface area contributed by atoms with Crippen LogP contribution >= 0.6 is 0 Å². The Labute approximate surface area is 564 Å². The van der Waals surface area contributed by atoms with Gasteiger partial charge in [-0.3, -0.25) is 0 Å². The summed E-state index contributed by atoms with van der Waals surface area (Å²) >= 11 is 0. The number of hydrogen-bond acceptors (Lipinski definition) is 2. The maximum atomic E-state index is 6.21. The first-order valence-corrected chi connectivity index (χ1v) is 32.4. The predicted octanol–water partition coefficient (Wildman–Crippen LogP) is 21.3. The van der Waals surface area contributed by atoms with Crippen molar-refractivity contribution in [2.45, 2.75) is 0 Å². The molecule has 97 heavy (non-hydrogen) atoms. The Kier molecular flexibility index (Phi) is 11.8. The first-order valence-electron chi connectivity index (χ1n) is 32.4. The molecule has 0 saturated carbocycles. The Bertz CT molecular complexity index is 6130. The third-order valence-electron chi connectivity index (χ3n) is 19.9. The molecule has 0 aliphatic heterocycles. The Morgan fingerprint density at radius 3 is 0.588 bits per heavy atom. The fraction of sp³-hybridized carbons (Fsp3) is 0. The van der Waals surface area contributed by atoms with E-state index in [0.29, 0.717) is 66.4 Å². The second kappa shape index (κ2) is 21.0. The molecule has 0 aliphatic rings. The summed E-state index contributed by atoms with van der Waals surface area (Å²) in [5, 5.41) is 25.4. The molecule has 0 N–H and O–H groups in total. The van der Waals surface area contributed by atoms with Crippen molar-refractivity contribution in [1.82, 2.24) is 19.9 Å². The van der Waals surface area contributed by atoms with Gasteiger partial charge >= 0.3 is 16.5 Å². The van der Waals surface area contributed by atoms with Crippen LogP contribution in [0.1, 0.15) is 44.5 Å². The Morgan fingerprint density at radius 2 is 0.381 bits per heavy atom. The summed E-state index contributed by atoms with van der Waals surface area (Å²) in [5.74, 6) is 30.6. The minimum absolute atomic E-state index is 0. The molecule has 17 aromatic carbocycles. The average Bonchev–Trinajstić information content (AvgIpc) is 1.53. The molecule has 21 rings (SSSR count). The summed E-state index contributed by atoms with van der Waals surface area (Å²) < 4.78 is 0. The Balaban J connectivity index is 0.00000641. The molecule has 0 radical (unpaired) electrons. The van der Waals surface area contributed by atoms with Crippen molar-refractivity contribution in [3.05, 3.63) is 311 Å². The van der Waals surface area contributed by atoms with Gasteiger partial charge in [0.2, 0.25) is 0 Å². The second-order valence-electron chi connectivity index (χ2n) is 25.0. The predicted molar refractivity (Wildman–Crippen MR) is 401 cm³/mol. The average molecular weight is 1260 g/mol. The summed E-state index contributed by atoms with van der Waals surface area (Å²) in [6, 6.07) is 94.1. The van der Waals surface area contributed by atoms with Crippen molar-refractivity contribution in [1.29, 1.82) is 0 Å². The summed E-state index contributed by atoms with van der Waals surface area (Å²) in [4.78, 5) is 24.8. The van der Waals surface area contributed by atoms with Crippen molar-refractivity contribution < 1.29 is 16.5 Å². The van der Waals surface area contributed by atoms with Gasteiger partial charge in [-0.15, -0.1) is 22.1 Å². The molecular weight excluding hydrogens is 1220 g/mol. The van der Waals surface area contributed by atoms with Gasteiger partial charge in [0.25, 0.3) is 0 Å². The zero-order chi connectivity index (χ0) is 62.7. The van der Waals surface area contributed by atoms with Crippen LogP contribution in [0.5, 0.6) is 0 Å². The van der Waals surface area contributed by atoms with E-state index in [-0.39, 0.29) is 16.5 Å². The van der Waals surface area contributed by atoms with Crippen molar-refractivity contribution in [2.75, 3.05) is 0 Å². The maximum Gasteiger partial charge on any atom is 2.00 e. The molecule has 0 amide bonds. The quantitative estimate of drug-likeness (QED) is 0.112. The molecule has 4 nitrogen and oxygen atoms in total. The molecule has 21 aromatic rings. The van der Waals surface area contributed by atoms with Crippen LogP contribution in [-0.2, 0) is 16.5 Å². The second-order valence-corrected chi connectivity index (χ2v) is 25.0. The largest absolute Gasteiger partial charge is 2.00 e. The number of rotatable bonds is 0. The van der Waals surface area contributed by atoms with E-state index in [1.54, 1.807) is 0 Å². The summed E-state index contributed by atoms with van der Waals surface area (Å²) in [6.45, 7) is 0. The molecule has 442 valence electrons. The van der Waals surface area contributed by atoms with Crippen LogP contribution in [0, 0.1) is 47.4 Å². The van der Waals surface area contributed by atoms with Gasteiger partial charge in [0.05, 0.1) is 22.1 Å². The molecule has 0 spiro atoms. The summed E-state index contributed by atoms with van der Waals surface area (Å²) in [6.07, 6.45) is 0. The van der Waals surface area contributed by atoms with Crippen LogP contribution in [0.4, 0.5) is 0 Å². The summed E-state index contributed by atoms with van der Waals surface area (Å²) in [5.41, 5.74) is 11.8. The van der Waals surface area contributed by atoms with Gasteiger partial charge in [-0.05, 0) is 156 Å². The van der Waals surface area contributed by atoms with E-state index in [1.165, 1.54) is 0 Å². The molecular formula is C92H44N4Ni. The summed E-state index contributed by atoms with van der Waals surface area (Å²) in [7, 11) is 0. The van der Waals surface area contributed by atoms with Gasteiger partial charge in [0, 0.05) is 66.1 Å². The van der Waals surface area contributed by atoms with E-state index >= 15 is 0 Å². The van der Waals surface area contributed by atoms with Crippen molar-refractivity contribution in [3.8, 4) is 47.4 Å². The smallest absolute Gasteiger partial charge is 0.655 e. The topological polar surface area (TPSA) is 54.0 Å². The van der Waals surface area contributed by atoms with Gasteiger partial charge in [0.15, 0.2) is 0 Å². The van der Waals surface area contributed by atoms with Crippen LogP contribution in [0.15, 0.2) is 267 Å². The maximum absolute atomic E-state index is 6.21. The first-order chi connectivity index (χ1) is 47.7. The van der Waals surface area contributed by atoms with Gasteiger partial charge in [-0.1, -0.05) is 266 Å². The van der Waals surface area contributed by atoms with E-state index in [1.807, 2.05) is 72.8 Å². The van der Waals surface area contributed by atoms with Gasteiger partial charge < -0.3 is 9.97 Å². The first kappa shape index (κ1) is 54.6. The zero-order valence-corrected chi connectivity index (χ0v) is 52.5. The van der Waals surface area contributed by atoms with E-state index < -0.39 is 0 Å². The normalized spacial score (nSPS) is 11.7. The van der Waals surface area contributed by atoms with Gasteiger partial charge in [-0.2, -0.15) is 0 Å². The van der Waals surface area contributed by atoms with Crippen molar-refractivity contribution in [2.24, 2.45) is 0 Å². The Hall–Kier alpha value is -13.0.